The SMILES string of the molecule is O=C(CCC1CCCCO1)NCC[C@H](O)C(=O)O. The molecule has 6 nitrogen and oxygen atoms in total. The highest BCUT2D eigenvalue weighted by atomic mass is 16.5. The molecule has 0 aliphatic carbocycles. The fourth-order valence-corrected chi connectivity index (χ4v) is 1.89. The molecule has 0 saturated carbocycles. The zero-order valence-corrected chi connectivity index (χ0v) is 10.4. The van der Waals surface area contributed by atoms with Gasteiger partial charge in [-0.2, -0.15) is 0 Å². The molecule has 0 aromatic heterocycles. The predicted octanol–water partition coefficient (Wildman–Crippen LogP) is 0.287. The van der Waals surface area contributed by atoms with Crippen LogP contribution in [0.2, 0.25) is 0 Å². The van der Waals surface area contributed by atoms with Gasteiger partial charge in [-0.05, 0) is 25.7 Å². The number of aliphatic hydroxyl groups is 1. The van der Waals surface area contributed by atoms with Crippen molar-refractivity contribution in [2.45, 2.75) is 50.7 Å². The summed E-state index contributed by atoms with van der Waals surface area (Å²) in [5.41, 5.74) is 0. The highest BCUT2D eigenvalue weighted by Crippen LogP contribution is 2.16. The van der Waals surface area contributed by atoms with Crippen molar-refractivity contribution in [1.82, 2.24) is 5.32 Å². The lowest BCUT2D eigenvalue weighted by Crippen LogP contribution is -2.31. The number of hydrogen-bond donors (Lipinski definition) is 3. The number of hydrogen-bond acceptors (Lipinski definition) is 4. The highest BCUT2D eigenvalue weighted by molar-refractivity contribution is 5.76. The van der Waals surface area contributed by atoms with E-state index in [4.69, 9.17) is 14.9 Å². The molecule has 0 aromatic carbocycles. The van der Waals surface area contributed by atoms with Gasteiger partial charge in [0.2, 0.25) is 5.91 Å². The van der Waals surface area contributed by atoms with E-state index in [1.807, 2.05) is 0 Å². The van der Waals surface area contributed by atoms with Crippen molar-refractivity contribution < 1.29 is 24.5 Å². The van der Waals surface area contributed by atoms with E-state index in [0.717, 1.165) is 25.9 Å². The van der Waals surface area contributed by atoms with Crippen molar-refractivity contribution in [3.63, 3.8) is 0 Å². The second-order valence-corrected chi connectivity index (χ2v) is 4.52. The van der Waals surface area contributed by atoms with Gasteiger partial charge >= 0.3 is 5.97 Å². The van der Waals surface area contributed by atoms with Gasteiger partial charge in [-0.15, -0.1) is 0 Å². The second-order valence-electron chi connectivity index (χ2n) is 4.52. The summed E-state index contributed by atoms with van der Waals surface area (Å²) in [6, 6.07) is 0. The standard InChI is InChI=1S/C12H21NO5/c14-10(12(16)17)6-7-13-11(15)5-4-9-3-1-2-8-18-9/h9-10,14H,1-8H2,(H,13,15)(H,16,17)/t9?,10-/m0/s1. The Morgan fingerprint density at radius 3 is 2.78 bits per heavy atom. The molecule has 0 spiro atoms. The quantitative estimate of drug-likeness (QED) is 0.610. The maximum absolute atomic E-state index is 11.4. The molecule has 0 aromatic rings. The van der Waals surface area contributed by atoms with Crippen LogP contribution in [-0.2, 0) is 14.3 Å². The summed E-state index contributed by atoms with van der Waals surface area (Å²) in [7, 11) is 0. The van der Waals surface area contributed by atoms with Gasteiger partial charge in [0.1, 0.15) is 0 Å². The molecule has 0 radical (unpaired) electrons. The Labute approximate surface area is 106 Å². The molecule has 1 amide bonds. The van der Waals surface area contributed by atoms with Gasteiger partial charge in [0, 0.05) is 26.0 Å². The summed E-state index contributed by atoms with van der Waals surface area (Å²) in [5.74, 6) is -1.39. The van der Waals surface area contributed by atoms with Crippen molar-refractivity contribution in [3.8, 4) is 0 Å². The molecular weight excluding hydrogens is 238 g/mol. The summed E-state index contributed by atoms with van der Waals surface area (Å²) < 4.78 is 5.50. The molecule has 1 saturated heterocycles. The van der Waals surface area contributed by atoms with Gasteiger partial charge < -0.3 is 20.3 Å². The van der Waals surface area contributed by atoms with Crippen LogP contribution < -0.4 is 5.32 Å². The molecule has 18 heavy (non-hydrogen) atoms. The molecule has 1 rings (SSSR count). The van der Waals surface area contributed by atoms with E-state index >= 15 is 0 Å². The molecule has 0 bridgehead atoms. The van der Waals surface area contributed by atoms with E-state index in [0.29, 0.717) is 12.8 Å². The molecule has 104 valence electrons. The number of aliphatic carboxylic acids is 1. The number of nitrogens with one attached hydrogen (secondary N) is 1. The Balaban J connectivity index is 2.04. The molecule has 1 unspecified atom stereocenters. The van der Waals surface area contributed by atoms with Gasteiger partial charge in [-0.25, -0.2) is 4.79 Å². The average molecular weight is 259 g/mol. The number of carbonyl (C=O) groups is 2. The van der Waals surface area contributed by atoms with Crippen LogP contribution in [0.1, 0.15) is 38.5 Å². The molecular formula is C12H21NO5. The lowest BCUT2D eigenvalue weighted by molar-refractivity contribution is -0.147. The highest BCUT2D eigenvalue weighted by Gasteiger charge is 2.16. The predicted molar refractivity (Wildman–Crippen MR) is 64.1 cm³/mol. The first-order chi connectivity index (χ1) is 8.59. The van der Waals surface area contributed by atoms with Crippen LogP contribution in [-0.4, -0.2) is 47.4 Å². The minimum Gasteiger partial charge on any atom is -0.479 e. The van der Waals surface area contributed by atoms with E-state index in [-0.39, 0.29) is 25.0 Å². The van der Waals surface area contributed by atoms with Gasteiger partial charge in [0.05, 0.1) is 6.10 Å². The second kappa shape index (κ2) is 8.05. The zero-order chi connectivity index (χ0) is 13.4. The van der Waals surface area contributed by atoms with Gasteiger partial charge in [-0.1, -0.05) is 0 Å². The van der Waals surface area contributed by atoms with Crippen LogP contribution in [0.3, 0.4) is 0 Å². The Hall–Kier alpha value is -1.14. The van der Waals surface area contributed by atoms with Crippen LogP contribution in [0, 0.1) is 0 Å². The first-order valence-electron chi connectivity index (χ1n) is 6.38. The van der Waals surface area contributed by atoms with Crippen molar-refractivity contribution in [3.05, 3.63) is 0 Å². The third-order valence-corrected chi connectivity index (χ3v) is 2.99. The fraction of sp³-hybridized carbons (Fsp3) is 0.833. The zero-order valence-electron chi connectivity index (χ0n) is 10.4. The van der Waals surface area contributed by atoms with Gasteiger partial charge in [0.25, 0.3) is 0 Å². The topological polar surface area (TPSA) is 95.9 Å². The van der Waals surface area contributed by atoms with E-state index < -0.39 is 12.1 Å². The average Bonchev–Trinajstić information content (AvgIpc) is 2.37. The number of ether oxygens (including phenoxy) is 1. The van der Waals surface area contributed by atoms with Crippen LogP contribution in [0.25, 0.3) is 0 Å². The maximum Gasteiger partial charge on any atom is 0.332 e. The Kier molecular flexibility index (Phi) is 6.67. The Morgan fingerprint density at radius 2 is 2.17 bits per heavy atom. The van der Waals surface area contributed by atoms with E-state index in [1.165, 1.54) is 0 Å². The summed E-state index contributed by atoms with van der Waals surface area (Å²) >= 11 is 0. The third kappa shape index (κ3) is 5.97. The molecule has 2 atom stereocenters. The van der Waals surface area contributed by atoms with Gasteiger partial charge in [0.15, 0.2) is 6.10 Å². The third-order valence-electron chi connectivity index (χ3n) is 2.99. The number of carboxylic acids is 1. The fourth-order valence-electron chi connectivity index (χ4n) is 1.89. The summed E-state index contributed by atoms with van der Waals surface area (Å²) in [6.45, 7) is 0.953. The first kappa shape index (κ1) is 14.9. The van der Waals surface area contributed by atoms with E-state index in [9.17, 15) is 9.59 Å². The molecule has 3 N–H and O–H groups in total. The Morgan fingerprint density at radius 1 is 1.39 bits per heavy atom. The number of rotatable bonds is 7. The monoisotopic (exact) mass is 259 g/mol. The smallest absolute Gasteiger partial charge is 0.332 e. The van der Waals surface area contributed by atoms with Crippen molar-refractivity contribution in [2.24, 2.45) is 0 Å². The Bertz CT molecular complexity index is 276. The normalized spacial score (nSPS) is 21.3. The summed E-state index contributed by atoms with van der Waals surface area (Å²) in [4.78, 5) is 21.8. The summed E-state index contributed by atoms with van der Waals surface area (Å²) in [6.07, 6.45) is 3.13. The first-order valence-corrected chi connectivity index (χ1v) is 6.38. The maximum atomic E-state index is 11.4. The van der Waals surface area contributed by atoms with Crippen LogP contribution in [0.5, 0.6) is 0 Å². The minimum atomic E-state index is -1.41. The number of amides is 1. The van der Waals surface area contributed by atoms with Crippen molar-refractivity contribution in [2.75, 3.05) is 13.2 Å². The molecule has 1 aliphatic rings. The van der Waals surface area contributed by atoms with Gasteiger partial charge in [-0.3, -0.25) is 4.79 Å². The molecule has 1 aliphatic heterocycles. The lowest BCUT2D eigenvalue weighted by Gasteiger charge is -2.22. The number of aliphatic hydroxyl groups excluding tert-OH is 1. The minimum absolute atomic E-state index is 0.0288. The molecule has 1 fully saturated rings. The molecule has 6 heteroatoms. The molecule has 1 heterocycles. The van der Waals surface area contributed by atoms with Crippen molar-refractivity contribution >= 4 is 11.9 Å². The number of carbonyl (C=O) groups excluding carboxylic acids is 1. The summed E-state index contributed by atoms with van der Waals surface area (Å²) in [5, 5.41) is 20.0. The van der Waals surface area contributed by atoms with Crippen molar-refractivity contribution in [1.29, 1.82) is 0 Å². The largest absolute Gasteiger partial charge is 0.479 e. The van der Waals surface area contributed by atoms with Crippen LogP contribution >= 0.6 is 0 Å². The van der Waals surface area contributed by atoms with E-state index in [1.54, 1.807) is 0 Å². The number of carboxylic acid groups (broad SMARTS) is 1. The van der Waals surface area contributed by atoms with Crippen LogP contribution in [0.15, 0.2) is 0 Å². The van der Waals surface area contributed by atoms with Crippen LogP contribution in [0.4, 0.5) is 0 Å². The lowest BCUT2D eigenvalue weighted by atomic mass is 10.0. The van der Waals surface area contributed by atoms with E-state index in [2.05, 4.69) is 5.32 Å².